The van der Waals surface area contributed by atoms with E-state index in [4.69, 9.17) is 14.5 Å². The first kappa shape index (κ1) is 32.7. The number of esters is 1. The van der Waals surface area contributed by atoms with Crippen molar-refractivity contribution in [1.29, 1.82) is 0 Å². The second kappa shape index (κ2) is 14.5. The van der Waals surface area contributed by atoms with Gasteiger partial charge in [-0.2, -0.15) is 0 Å². The van der Waals surface area contributed by atoms with Gasteiger partial charge in [-0.15, -0.1) is 11.3 Å². The van der Waals surface area contributed by atoms with E-state index in [0.717, 1.165) is 59.5 Å². The number of nitrogens with one attached hydrogen (secondary N) is 2. The monoisotopic (exact) mass is 717 g/mol. The van der Waals surface area contributed by atoms with Crippen molar-refractivity contribution in [2.45, 2.75) is 39.8 Å². The number of halogens is 1. The molecule has 3 heterocycles. The molecule has 0 saturated carbocycles. The second-order valence-corrected chi connectivity index (χ2v) is 13.0. The topological polar surface area (TPSA) is 92.3 Å². The summed E-state index contributed by atoms with van der Waals surface area (Å²) in [6.45, 7) is 9.63. The number of nitrogens with zero attached hydrogens (tertiary/aromatic N) is 3. The Kier molecular flexibility index (Phi) is 11.1. The number of quaternary nitrogens is 1. The number of likely N-dealkylation sites (N-methyl/N-ethyl adjacent to an activating group) is 1. The van der Waals surface area contributed by atoms with E-state index in [-0.39, 0.29) is 43.2 Å². The molecule has 1 saturated heterocycles. The predicted molar refractivity (Wildman–Crippen MR) is 166 cm³/mol. The lowest BCUT2D eigenvalue weighted by Gasteiger charge is -2.42. The van der Waals surface area contributed by atoms with Crippen molar-refractivity contribution >= 4 is 45.6 Å². The van der Waals surface area contributed by atoms with Crippen LogP contribution >= 0.6 is 11.3 Å². The number of hydrogen-bond donors (Lipinski definition) is 2. The summed E-state index contributed by atoms with van der Waals surface area (Å²) in [6.07, 6.45) is -0.137. The first-order valence-electron chi connectivity index (χ1n) is 14.5. The molecule has 9 nitrogen and oxygen atoms in total. The van der Waals surface area contributed by atoms with Crippen molar-refractivity contribution in [2.75, 3.05) is 45.3 Å². The molecule has 43 heavy (non-hydrogen) atoms. The van der Waals surface area contributed by atoms with Gasteiger partial charge in [-0.25, -0.2) is 14.6 Å². The number of piperazine rings is 1. The molecule has 0 spiro atoms. The van der Waals surface area contributed by atoms with E-state index in [0.29, 0.717) is 10.9 Å². The fourth-order valence-corrected chi connectivity index (χ4v) is 6.11. The molecule has 0 aliphatic carbocycles. The zero-order valence-electron chi connectivity index (χ0n) is 25.1. The number of benzene rings is 2. The normalized spacial score (nSPS) is 15.9. The number of fused-ring (bicyclic) bond motifs is 2. The number of amidine groups is 1. The Morgan fingerprint density at radius 3 is 2.49 bits per heavy atom. The van der Waals surface area contributed by atoms with Gasteiger partial charge in [0.15, 0.2) is 0 Å². The molecule has 1 atom stereocenters. The Morgan fingerprint density at radius 1 is 1.07 bits per heavy atom. The second-order valence-electron chi connectivity index (χ2n) is 11.7. The molecule has 1 amide bonds. The summed E-state index contributed by atoms with van der Waals surface area (Å²) < 4.78 is 11.8. The minimum Gasteiger partial charge on any atom is -1.00 e. The number of alkyl carbamates (subject to hydrolysis) is 1. The number of aryl methyl sites for hydroxylation is 1. The molecule has 0 unspecified atom stereocenters. The number of amides is 1. The molecule has 3 aromatic rings. The fourth-order valence-electron chi connectivity index (χ4n) is 5.19. The van der Waals surface area contributed by atoms with Gasteiger partial charge in [0.1, 0.15) is 23.5 Å². The van der Waals surface area contributed by atoms with Crippen LogP contribution in [0.1, 0.15) is 36.3 Å². The Hall–Kier alpha value is -3.16. The molecular formula is C32H40IN5O4S. The van der Waals surface area contributed by atoms with Crippen LogP contribution in [0.4, 0.5) is 21.2 Å². The lowest BCUT2D eigenvalue weighted by Crippen LogP contribution is -3.00. The third-order valence-electron chi connectivity index (χ3n) is 7.61. The van der Waals surface area contributed by atoms with Crippen LogP contribution in [-0.4, -0.2) is 73.3 Å². The van der Waals surface area contributed by atoms with Crippen molar-refractivity contribution in [3.8, 4) is 0 Å². The summed E-state index contributed by atoms with van der Waals surface area (Å²) in [6, 6.07) is 19.1. The van der Waals surface area contributed by atoms with E-state index in [9.17, 15) is 9.59 Å². The number of para-hydroxylation sites is 2. The van der Waals surface area contributed by atoms with E-state index in [1.54, 1.807) is 11.3 Å². The highest BCUT2D eigenvalue weighted by Gasteiger charge is 2.34. The number of thiophene rings is 1. The number of hydrogen-bond acceptors (Lipinski definition) is 8. The average molecular weight is 718 g/mol. The molecule has 230 valence electrons. The third kappa shape index (κ3) is 8.48. The van der Waals surface area contributed by atoms with E-state index in [1.165, 1.54) is 4.88 Å². The number of carbonyl (C=O) groups is 2. The maximum absolute atomic E-state index is 12.8. The molecule has 2 aromatic carbocycles. The third-order valence-corrected chi connectivity index (χ3v) is 8.57. The van der Waals surface area contributed by atoms with Crippen LogP contribution in [-0.2, 0) is 20.9 Å². The Labute approximate surface area is 274 Å². The summed E-state index contributed by atoms with van der Waals surface area (Å²) in [5, 5.41) is 7.43. The Bertz CT molecular complexity index is 1440. The standard InChI is InChI=1S/C32H39N5O4S.HI/c1-22(2)18-28(31(38)40-20-24-10-6-5-7-11-24)35-32(39)41-21-37(4)16-14-36(15-17-37)29-25-19-23(3)42-30(25)34-27-13-9-8-12-26(27)33-29;/h5-13,19,22,28H,14-18,20-21H2,1-4H3,(H-,33,34,35,39);1H/t28-;/m0./s1. The van der Waals surface area contributed by atoms with Gasteiger partial charge >= 0.3 is 12.1 Å². The van der Waals surface area contributed by atoms with Crippen LogP contribution in [0.3, 0.4) is 0 Å². The minimum absolute atomic E-state index is 0. The molecule has 2 aliphatic rings. The molecule has 2 aliphatic heterocycles. The van der Waals surface area contributed by atoms with Gasteiger partial charge < -0.3 is 49.0 Å². The molecule has 11 heteroatoms. The Balaban J connectivity index is 0.00000423. The first-order chi connectivity index (χ1) is 20.2. The summed E-state index contributed by atoms with van der Waals surface area (Å²) >= 11 is 1.74. The van der Waals surface area contributed by atoms with E-state index in [2.05, 4.69) is 41.6 Å². The number of aliphatic imine (C=N–C) groups is 1. The van der Waals surface area contributed by atoms with Crippen LogP contribution in [0.5, 0.6) is 0 Å². The zero-order valence-corrected chi connectivity index (χ0v) is 28.1. The molecule has 2 N–H and O–H groups in total. The summed E-state index contributed by atoms with van der Waals surface area (Å²) in [7, 11) is 2.09. The van der Waals surface area contributed by atoms with Gasteiger partial charge in [-0.3, -0.25) is 4.48 Å². The van der Waals surface area contributed by atoms with Crippen LogP contribution in [0.25, 0.3) is 0 Å². The zero-order chi connectivity index (χ0) is 29.7. The summed E-state index contributed by atoms with van der Waals surface area (Å²) in [4.78, 5) is 34.3. The molecule has 0 bridgehead atoms. The van der Waals surface area contributed by atoms with Gasteiger partial charge in [0.25, 0.3) is 0 Å². The first-order valence-corrected chi connectivity index (χ1v) is 15.3. The molecule has 1 fully saturated rings. The van der Waals surface area contributed by atoms with Crippen LogP contribution in [0.15, 0.2) is 65.7 Å². The molecule has 1 aromatic heterocycles. The van der Waals surface area contributed by atoms with E-state index >= 15 is 0 Å². The molecular weight excluding hydrogens is 677 g/mol. The summed E-state index contributed by atoms with van der Waals surface area (Å²) in [5.41, 5.74) is 3.95. The maximum Gasteiger partial charge on any atom is 0.412 e. The van der Waals surface area contributed by atoms with Crippen molar-refractivity contribution in [3.63, 3.8) is 0 Å². The lowest BCUT2D eigenvalue weighted by molar-refractivity contribution is -0.928. The van der Waals surface area contributed by atoms with Gasteiger partial charge in [-0.05, 0) is 43.0 Å². The number of rotatable bonds is 8. The Morgan fingerprint density at radius 2 is 1.77 bits per heavy atom. The van der Waals surface area contributed by atoms with Crippen LogP contribution in [0, 0.1) is 12.8 Å². The van der Waals surface area contributed by atoms with Gasteiger partial charge in [-0.1, -0.05) is 56.3 Å². The van der Waals surface area contributed by atoms with Crippen LogP contribution in [0.2, 0.25) is 0 Å². The van der Waals surface area contributed by atoms with Crippen molar-refractivity contribution in [2.24, 2.45) is 10.9 Å². The lowest BCUT2D eigenvalue weighted by atomic mass is 10.0. The number of anilines is 2. The average Bonchev–Trinajstić information content (AvgIpc) is 3.27. The van der Waals surface area contributed by atoms with Gasteiger partial charge in [0, 0.05) is 4.88 Å². The van der Waals surface area contributed by atoms with E-state index in [1.807, 2.05) is 62.4 Å². The quantitative estimate of drug-likeness (QED) is 0.212. The largest absolute Gasteiger partial charge is 1.00 e. The number of ether oxygens (including phenoxy) is 2. The van der Waals surface area contributed by atoms with Crippen molar-refractivity contribution in [1.82, 2.24) is 10.2 Å². The number of carbonyl (C=O) groups excluding carboxylic acids is 2. The highest BCUT2D eigenvalue weighted by Crippen LogP contribution is 2.39. The fraction of sp³-hybridized carbons (Fsp3) is 0.406. The SMILES string of the molecule is Cc1cc2c(s1)Nc1ccccc1N=C2N1CC[N+](C)(COC(=O)N[C@@H](CC(C)C)C(=O)OCc2ccccc2)CC1.[I-]. The minimum atomic E-state index is -0.767. The van der Waals surface area contributed by atoms with Crippen molar-refractivity contribution in [3.05, 3.63) is 76.7 Å². The van der Waals surface area contributed by atoms with Gasteiger partial charge in [0.05, 0.1) is 50.2 Å². The highest BCUT2D eigenvalue weighted by molar-refractivity contribution is 7.16. The molecule has 0 radical (unpaired) electrons. The van der Waals surface area contributed by atoms with Gasteiger partial charge in [0.2, 0.25) is 6.73 Å². The van der Waals surface area contributed by atoms with E-state index < -0.39 is 18.1 Å². The highest BCUT2D eigenvalue weighted by atomic mass is 127. The van der Waals surface area contributed by atoms with Crippen LogP contribution < -0.4 is 34.6 Å². The summed E-state index contributed by atoms with van der Waals surface area (Å²) in [5.74, 6) is 0.711. The van der Waals surface area contributed by atoms with Crippen molar-refractivity contribution < 1.29 is 47.5 Å². The smallest absolute Gasteiger partial charge is 0.412 e. The predicted octanol–water partition coefficient (Wildman–Crippen LogP) is 2.80. The maximum atomic E-state index is 12.8. The molecule has 5 rings (SSSR count).